The summed E-state index contributed by atoms with van der Waals surface area (Å²) in [7, 11) is -3.54. The largest absolute Gasteiger partial charge is 0.478 e. The lowest BCUT2D eigenvalue weighted by atomic mass is 10.1. The molecule has 0 amide bonds. The minimum atomic E-state index is -3.54. The molecule has 3 rings (SSSR count). The van der Waals surface area contributed by atoms with E-state index >= 15 is 0 Å². The lowest BCUT2D eigenvalue weighted by Gasteiger charge is -2.37. The maximum atomic E-state index is 11.8. The average Bonchev–Trinajstić information content (AvgIpc) is 2.69. The van der Waals surface area contributed by atoms with Gasteiger partial charge in [-0.15, -0.1) is 0 Å². The summed E-state index contributed by atoms with van der Waals surface area (Å²) >= 11 is 0. The predicted molar refractivity (Wildman–Crippen MR) is 107 cm³/mol. The van der Waals surface area contributed by atoms with Crippen LogP contribution in [0.1, 0.15) is 17.3 Å². The van der Waals surface area contributed by atoms with Gasteiger partial charge in [-0.25, -0.2) is 13.2 Å². The number of carboxylic acids is 1. The molecule has 1 saturated heterocycles. The summed E-state index contributed by atoms with van der Waals surface area (Å²) < 4.78 is 25.9. The molecule has 2 aromatic rings. The second-order valence-electron chi connectivity index (χ2n) is 6.35. The van der Waals surface area contributed by atoms with Crippen molar-refractivity contribution in [1.82, 2.24) is 0 Å². The van der Waals surface area contributed by atoms with Crippen molar-refractivity contribution in [3.63, 3.8) is 0 Å². The quantitative estimate of drug-likeness (QED) is 0.789. The van der Waals surface area contributed by atoms with E-state index in [1.54, 1.807) is 6.07 Å². The molecule has 144 valence electrons. The van der Waals surface area contributed by atoms with Crippen LogP contribution < -0.4 is 14.5 Å². The van der Waals surface area contributed by atoms with Gasteiger partial charge in [0, 0.05) is 37.6 Å². The molecule has 27 heavy (non-hydrogen) atoms. The molecular formula is C19H23N3O4S. The lowest BCUT2D eigenvalue weighted by molar-refractivity contribution is 0.0698. The first kappa shape index (κ1) is 19.0. The third-order valence-corrected chi connectivity index (χ3v) is 5.94. The highest BCUT2D eigenvalue weighted by Crippen LogP contribution is 2.26. The standard InChI is InChI=1S/C19H23N3O4S/c1-2-27(25,26)20-18-9-8-16(14-17(18)19(23)24)22-12-10-21(11-13-22)15-6-4-3-5-7-15/h3-9,14,20H,2,10-13H2,1H3,(H,23,24). The Morgan fingerprint density at radius 2 is 1.59 bits per heavy atom. The number of nitrogens with one attached hydrogen (secondary N) is 1. The fourth-order valence-electron chi connectivity index (χ4n) is 3.10. The number of carboxylic acid groups (broad SMARTS) is 1. The first-order valence-corrected chi connectivity index (χ1v) is 10.5. The van der Waals surface area contributed by atoms with E-state index in [0.717, 1.165) is 31.9 Å². The van der Waals surface area contributed by atoms with Gasteiger partial charge in [0.2, 0.25) is 10.0 Å². The summed E-state index contributed by atoms with van der Waals surface area (Å²) in [6.45, 7) is 4.68. The van der Waals surface area contributed by atoms with Crippen molar-refractivity contribution >= 4 is 33.1 Å². The highest BCUT2D eigenvalue weighted by molar-refractivity contribution is 7.92. The summed E-state index contributed by atoms with van der Waals surface area (Å²) in [5.74, 6) is -1.27. The van der Waals surface area contributed by atoms with Crippen molar-refractivity contribution in [2.24, 2.45) is 0 Å². The summed E-state index contributed by atoms with van der Waals surface area (Å²) in [6, 6.07) is 15.0. The number of benzene rings is 2. The molecule has 0 radical (unpaired) electrons. The first-order valence-electron chi connectivity index (χ1n) is 8.82. The van der Waals surface area contributed by atoms with E-state index in [2.05, 4.69) is 26.7 Å². The molecule has 2 aromatic carbocycles. The van der Waals surface area contributed by atoms with Gasteiger partial charge in [-0.2, -0.15) is 0 Å². The maximum Gasteiger partial charge on any atom is 0.337 e. The number of nitrogens with zero attached hydrogens (tertiary/aromatic N) is 2. The van der Waals surface area contributed by atoms with E-state index in [-0.39, 0.29) is 17.0 Å². The Hall–Kier alpha value is -2.74. The zero-order valence-corrected chi connectivity index (χ0v) is 15.9. The second-order valence-corrected chi connectivity index (χ2v) is 8.36. The molecular weight excluding hydrogens is 366 g/mol. The zero-order valence-electron chi connectivity index (χ0n) is 15.1. The number of piperazine rings is 1. The minimum absolute atomic E-state index is 0.0463. The smallest absolute Gasteiger partial charge is 0.337 e. The maximum absolute atomic E-state index is 11.8. The fourth-order valence-corrected chi connectivity index (χ4v) is 3.75. The molecule has 0 aliphatic carbocycles. The highest BCUT2D eigenvalue weighted by Gasteiger charge is 2.21. The van der Waals surface area contributed by atoms with Crippen molar-refractivity contribution in [3.05, 3.63) is 54.1 Å². The van der Waals surface area contributed by atoms with Crippen LogP contribution in [0.3, 0.4) is 0 Å². The molecule has 1 fully saturated rings. The van der Waals surface area contributed by atoms with Gasteiger partial charge in [-0.1, -0.05) is 18.2 Å². The normalized spacial score (nSPS) is 14.9. The van der Waals surface area contributed by atoms with E-state index in [1.807, 2.05) is 18.2 Å². The number of anilines is 3. The van der Waals surface area contributed by atoms with Crippen molar-refractivity contribution in [3.8, 4) is 0 Å². The number of rotatable bonds is 6. The van der Waals surface area contributed by atoms with E-state index in [0.29, 0.717) is 0 Å². The van der Waals surface area contributed by atoms with Crippen molar-refractivity contribution < 1.29 is 18.3 Å². The van der Waals surface area contributed by atoms with Gasteiger partial charge in [0.1, 0.15) is 0 Å². The molecule has 8 heteroatoms. The van der Waals surface area contributed by atoms with E-state index < -0.39 is 16.0 Å². The van der Waals surface area contributed by atoms with Gasteiger partial charge in [-0.05, 0) is 37.3 Å². The molecule has 0 bridgehead atoms. The van der Waals surface area contributed by atoms with Gasteiger partial charge < -0.3 is 14.9 Å². The van der Waals surface area contributed by atoms with Crippen LogP contribution in [0.15, 0.2) is 48.5 Å². The molecule has 0 saturated carbocycles. The van der Waals surface area contributed by atoms with Gasteiger partial charge in [-0.3, -0.25) is 4.72 Å². The number of para-hydroxylation sites is 1. The van der Waals surface area contributed by atoms with Crippen molar-refractivity contribution in [1.29, 1.82) is 0 Å². The molecule has 0 unspecified atom stereocenters. The highest BCUT2D eigenvalue weighted by atomic mass is 32.2. The second kappa shape index (κ2) is 7.87. The van der Waals surface area contributed by atoms with E-state index in [4.69, 9.17) is 0 Å². The Morgan fingerprint density at radius 1 is 1.00 bits per heavy atom. The van der Waals surface area contributed by atoms with Crippen molar-refractivity contribution in [2.45, 2.75) is 6.92 Å². The Balaban J connectivity index is 1.76. The first-order chi connectivity index (χ1) is 12.9. The summed E-state index contributed by atoms with van der Waals surface area (Å²) in [4.78, 5) is 16.0. The fraction of sp³-hybridized carbons (Fsp3) is 0.316. The lowest BCUT2D eigenvalue weighted by Crippen LogP contribution is -2.46. The van der Waals surface area contributed by atoms with Crippen LogP contribution in [0.25, 0.3) is 0 Å². The summed E-state index contributed by atoms with van der Waals surface area (Å²) in [6.07, 6.45) is 0. The van der Waals surface area contributed by atoms with Crippen LogP contribution >= 0.6 is 0 Å². The van der Waals surface area contributed by atoms with E-state index in [1.165, 1.54) is 24.7 Å². The Labute approximate surface area is 159 Å². The summed E-state index contributed by atoms with van der Waals surface area (Å²) in [5.41, 5.74) is 2.00. The van der Waals surface area contributed by atoms with Crippen LogP contribution in [0.4, 0.5) is 17.1 Å². The van der Waals surface area contributed by atoms with Crippen LogP contribution in [0.2, 0.25) is 0 Å². The molecule has 1 heterocycles. The third kappa shape index (κ3) is 4.51. The zero-order chi connectivity index (χ0) is 19.4. The molecule has 1 aliphatic heterocycles. The minimum Gasteiger partial charge on any atom is -0.478 e. The van der Waals surface area contributed by atoms with Crippen LogP contribution in [0.5, 0.6) is 0 Å². The molecule has 0 aromatic heterocycles. The summed E-state index contributed by atoms with van der Waals surface area (Å²) in [5, 5.41) is 9.49. The van der Waals surface area contributed by atoms with Gasteiger partial charge >= 0.3 is 5.97 Å². The molecule has 7 nitrogen and oxygen atoms in total. The van der Waals surface area contributed by atoms with Crippen molar-refractivity contribution in [2.75, 3.05) is 46.5 Å². The molecule has 1 aliphatic rings. The SMILES string of the molecule is CCS(=O)(=O)Nc1ccc(N2CCN(c3ccccc3)CC2)cc1C(=O)O. The molecule has 0 atom stereocenters. The topological polar surface area (TPSA) is 90.0 Å². The average molecular weight is 389 g/mol. The Kier molecular flexibility index (Phi) is 5.55. The number of aromatic carboxylic acids is 1. The molecule has 2 N–H and O–H groups in total. The van der Waals surface area contributed by atoms with Gasteiger partial charge in [0.15, 0.2) is 0 Å². The van der Waals surface area contributed by atoms with E-state index in [9.17, 15) is 18.3 Å². The molecule has 0 spiro atoms. The third-order valence-electron chi connectivity index (χ3n) is 4.65. The Bertz CT molecular complexity index is 908. The predicted octanol–water partition coefficient (Wildman–Crippen LogP) is 2.47. The number of hydrogen-bond acceptors (Lipinski definition) is 5. The van der Waals surface area contributed by atoms with Gasteiger partial charge in [0.05, 0.1) is 17.0 Å². The number of hydrogen-bond donors (Lipinski definition) is 2. The van der Waals surface area contributed by atoms with Crippen LogP contribution in [-0.2, 0) is 10.0 Å². The van der Waals surface area contributed by atoms with Crippen LogP contribution in [-0.4, -0.2) is 51.4 Å². The Morgan fingerprint density at radius 3 is 2.15 bits per heavy atom. The number of carbonyl (C=O) groups is 1. The number of sulfonamides is 1. The van der Waals surface area contributed by atoms with Crippen LogP contribution in [0, 0.1) is 0 Å². The van der Waals surface area contributed by atoms with Gasteiger partial charge in [0.25, 0.3) is 0 Å². The monoisotopic (exact) mass is 389 g/mol.